The van der Waals surface area contributed by atoms with Gasteiger partial charge in [-0.05, 0) is 64.2 Å². The molecule has 152 valence electrons. The van der Waals surface area contributed by atoms with Gasteiger partial charge in [0.05, 0.1) is 5.75 Å². The van der Waals surface area contributed by atoms with Crippen LogP contribution in [0.4, 0.5) is 0 Å². The van der Waals surface area contributed by atoms with Crippen molar-refractivity contribution in [1.29, 1.82) is 0 Å². The van der Waals surface area contributed by atoms with Crippen LogP contribution in [-0.4, -0.2) is 43.9 Å². The Labute approximate surface area is 171 Å². The topological polar surface area (TPSA) is 60.2 Å². The second-order valence-corrected chi connectivity index (χ2v) is 8.29. The van der Waals surface area contributed by atoms with E-state index in [9.17, 15) is 4.79 Å². The molecule has 1 amide bonds. The molecule has 0 saturated carbocycles. The maximum Gasteiger partial charge on any atom is 0.233 e. The van der Waals surface area contributed by atoms with Gasteiger partial charge in [0.25, 0.3) is 0 Å². The van der Waals surface area contributed by atoms with Gasteiger partial charge in [0.2, 0.25) is 5.91 Å². The standard InChI is InChI=1S/C21H30N4O2S/c1-5-24-19(13-27-18-11-8-9-15(2)17(18)4)22-23-21(24)28-14-20(26)25-12-7-6-10-16(25)3/h8-9,11,16H,5-7,10,12-14H2,1-4H3/t16-/m0/s1. The summed E-state index contributed by atoms with van der Waals surface area (Å²) in [5.74, 6) is 2.25. The van der Waals surface area contributed by atoms with Crippen LogP contribution in [0.25, 0.3) is 0 Å². The fourth-order valence-electron chi connectivity index (χ4n) is 3.55. The summed E-state index contributed by atoms with van der Waals surface area (Å²) in [7, 11) is 0. The molecule has 7 heteroatoms. The first-order chi connectivity index (χ1) is 13.5. The van der Waals surface area contributed by atoms with E-state index in [1.807, 2.05) is 21.6 Å². The van der Waals surface area contributed by atoms with Gasteiger partial charge in [0.1, 0.15) is 12.4 Å². The Morgan fingerprint density at radius 2 is 2.11 bits per heavy atom. The zero-order chi connectivity index (χ0) is 20.1. The zero-order valence-corrected chi connectivity index (χ0v) is 18.1. The minimum atomic E-state index is 0.191. The first-order valence-corrected chi connectivity index (χ1v) is 11.0. The second-order valence-electron chi connectivity index (χ2n) is 7.35. The van der Waals surface area contributed by atoms with Gasteiger partial charge in [0, 0.05) is 19.1 Å². The number of piperidine rings is 1. The highest BCUT2D eigenvalue weighted by molar-refractivity contribution is 7.99. The molecule has 0 radical (unpaired) electrons. The maximum atomic E-state index is 12.6. The number of carbonyl (C=O) groups is 1. The Kier molecular flexibility index (Phi) is 6.99. The molecule has 1 aromatic heterocycles. The van der Waals surface area contributed by atoms with Gasteiger partial charge in [0.15, 0.2) is 11.0 Å². The van der Waals surface area contributed by atoms with Crippen LogP contribution in [0.3, 0.4) is 0 Å². The maximum absolute atomic E-state index is 12.6. The second kappa shape index (κ2) is 9.45. The number of rotatable bonds is 7. The number of thioether (sulfide) groups is 1. The third-order valence-electron chi connectivity index (χ3n) is 5.47. The lowest BCUT2D eigenvalue weighted by atomic mass is 10.0. The largest absolute Gasteiger partial charge is 0.485 e. The Bertz CT molecular complexity index is 821. The number of nitrogens with zero attached hydrogens (tertiary/aromatic N) is 4. The van der Waals surface area contributed by atoms with Gasteiger partial charge in [-0.1, -0.05) is 23.9 Å². The molecule has 3 rings (SSSR count). The molecule has 1 saturated heterocycles. The van der Waals surface area contributed by atoms with Gasteiger partial charge in [-0.15, -0.1) is 10.2 Å². The van der Waals surface area contributed by atoms with Crippen LogP contribution in [0.2, 0.25) is 0 Å². The molecule has 2 heterocycles. The molecule has 28 heavy (non-hydrogen) atoms. The number of carbonyl (C=O) groups excluding carboxylic acids is 1. The van der Waals surface area contributed by atoms with Crippen molar-refractivity contribution in [3.63, 3.8) is 0 Å². The molecule has 1 atom stereocenters. The molecule has 1 fully saturated rings. The lowest BCUT2D eigenvalue weighted by Crippen LogP contribution is -2.43. The van der Waals surface area contributed by atoms with Crippen LogP contribution in [0.5, 0.6) is 5.75 Å². The van der Waals surface area contributed by atoms with Crippen molar-refractivity contribution in [1.82, 2.24) is 19.7 Å². The van der Waals surface area contributed by atoms with Crippen molar-refractivity contribution in [2.24, 2.45) is 0 Å². The molecule has 1 aliphatic heterocycles. The van der Waals surface area contributed by atoms with Crippen molar-refractivity contribution < 1.29 is 9.53 Å². The Balaban J connectivity index is 1.61. The average Bonchev–Trinajstić information content (AvgIpc) is 3.09. The molecule has 1 aromatic carbocycles. The Morgan fingerprint density at radius 3 is 2.86 bits per heavy atom. The van der Waals surface area contributed by atoms with Crippen LogP contribution in [0.1, 0.15) is 50.1 Å². The van der Waals surface area contributed by atoms with E-state index in [-0.39, 0.29) is 5.91 Å². The summed E-state index contributed by atoms with van der Waals surface area (Å²) in [6, 6.07) is 6.39. The van der Waals surface area contributed by atoms with Crippen molar-refractivity contribution in [3.05, 3.63) is 35.2 Å². The molecule has 0 unspecified atom stereocenters. The first kappa shape index (κ1) is 20.7. The molecule has 0 aliphatic carbocycles. The molecular weight excluding hydrogens is 372 g/mol. The highest BCUT2D eigenvalue weighted by Crippen LogP contribution is 2.24. The van der Waals surface area contributed by atoms with Crippen LogP contribution in [-0.2, 0) is 17.9 Å². The first-order valence-electron chi connectivity index (χ1n) is 10.0. The highest BCUT2D eigenvalue weighted by Gasteiger charge is 2.24. The fourth-order valence-corrected chi connectivity index (χ4v) is 4.46. The predicted molar refractivity (Wildman–Crippen MR) is 112 cm³/mol. The van der Waals surface area contributed by atoms with Gasteiger partial charge in [-0.2, -0.15) is 0 Å². The Hall–Kier alpha value is -2.02. The normalized spacial score (nSPS) is 17.0. The number of aromatic nitrogens is 3. The molecule has 6 nitrogen and oxygen atoms in total. The van der Waals surface area contributed by atoms with E-state index in [4.69, 9.17) is 4.74 Å². The third kappa shape index (κ3) is 4.69. The van der Waals surface area contributed by atoms with Crippen LogP contribution in [0.15, 0.2) is 23.4 Å². The summed E-state index contributed by atoms with van der Waals surface area (Å²) in [5.41, 5.74) is 2.34. The third-order valence-corrected chi connectivity index (χ3v) is 6.42. The van der Waals surface area contributed by atoms with E-state index < -0.39 is 0 Å². The minimum Gasteiger partial charge on any atom is -0.485 e. The van der Waals surface area contributed by atoms with Gasteiger partial charge in [-0.25, -0.2) is 0 Å². The van der Waals surface area contributed by atoms with E-state index in [0.29, 0.717) is 18.4 Å². The lowest BCUT2D eigenvalue weighted by Gasteiger charge is -2.33. The number of benzene rings is 1. The van der Waals surface area contributed by atoms with Crippen LogP contribution >= 0.6 is 11.8 Å². The number of hydrogen-bond acceptors (Lipinski definition) is 5. The summed E-state index contributed by atoms with van der Waals surface area (Å²) < 4.78 is 8.02. The summed E-state index contributed by atoms with van der Waals surface area (Å²) in [6.07, 6.45) is 3.42. The molecule has 1 aliphatic rings. The highest BCUT2D eigenvalue weighted by atomic mass is 32.2. The van der Waals surface area contributed by atoms with Gasteiger partial charge >= 0.3 is 0 Å². The van der Waals surface area contributed by atoms with Gasteiger partial charge < -0.3 is 14.2 Å². The minimum absolute atomic E-state index is 0.191. The van der Waals surface area contributed by atoms with E-state index in [1.165, 1.54) is 23.7 Å². The van der Waals surface area contributed by atoms with E-state index in [1.54, 1.807) is 0 Å². The molecule has 0 bridgehead atoms. The Morgan fingerprint density at radius 1 is 1.29 bits per heavy atom. The molecular formula is C21H30N4O2S. The van der Waals surface area contributed by atoms with E-state index >= 15 is 0 Å². The number of ether oxygens (including phenoxy) is 1. The number of amides is 1. The predicted octanol–water partition coefficient (Wildman–Crippen LogP) is 3.99. The van der Waals surface area contributed by atoms with Crippen LogP contribution in [0, 0.1) is 13.8 Å². The van der Waals surface area contributed by atoms with Crippen LogP contribution < -0.4 is 4.74 Å². The zero-order valence-electron chi connectivity index (χ0n) is 17.3. The van der Waals surface area contributed by atoms with Crippen molar-refractivity contribution in [2.45, 2.75) is 71.3 Å². The molecule has 0 N–H and O–H groups in total. The average molecular weight is 403 g/mol. The van der Waals surface area contributed by atoms with Gasteiger partial charge in [-0.3, -0.25) is 4.79 Å². The number of likely N-dealkylation sites (tertiary alicyclic amines) is 1. The monoisotopic (exact) mass is 402 g/mol. The summed E-state index contributed by atoms with van der Waals surface area (Å²) in [5, 5.41) is 9.38. The SMILES string of the molecule is CCn1c(COc2cccc(C)c2C)nnc1SCC(=O)N1CCCC[C@@H]1C. The summed E-state index contributed by atoms with van der Waals surface area (Å²) in [6.45, 7) is 10.3. The lowest BCUT2D eigenvalue weighted by molar-refractivity contribution is -0.131. The quantitative estimate of drug-likeness (QED) is 0.656. The molecule has 0 spiro atoms. The smallest absolute Gasteiger partial charge is 0.233 e. The summed E-state index contributed by atoms with van der Waals surface area (Å²) in [4.78, 5) is 14.6. The number of aryl methyl sites for hydroxylation is 1. The van der Waals surface area contributed by atoms with Crippen molar-refractivity contribution >= 4 is 17.7 Å². The molecule has 2 aromatic rings. The van der Waals surface area contributed by atoms with Crippen molar-refractivity contribution in [3.8, 4) is 5.75 Å². The number of hydrogen-bond donors (Lipinski definition) is 0. The van der Waals surface area contributed by atoms with Crippen molar-refractivity contribution in [2.75, 3.05) is 12.3 Å². The van der Waals surface area contributed by atoms with E-state index in [2.05, 4.69) is 44.0 Å². The summed E-state index contributed by atoms with van der Waals surface area (Å²) >= 11 is 1.47. The van der Waals surface area contributed by atoms with E-state index in [0.717, 1.165) is 48.2 Å². The fraction of sp³-hybridized carbons (Fsp3) is 0.571.